The minimum atomic E-state index is -0.520. The number of aryl methyl sites for hydroxylation is 1. The summed E-state index contributed by atoms with van der Waals surface area (Å²) in [4.78, 5) is 22.7. The zero-order chi connectivity index (χ0) is 13.7. The van der Waals surface area contributed by atoms with Crippen molar-refractivity contribution in [1.82, 2.24) is 0 Å². The molecule has 0 saturated carbocycles. The number of carbonyl (C=O) groups excluding carboxylic acids is 2. The lowest BCUT2D eigenvalue weighted by Gasteiger charge is -2.13. The molecule has 0 aliphatic carbocycles. The van der Waals surface area contributed by atoms with Gasteiger partial charge < -0.3 is 16.4 Å². The number of nitrogens with one attached hydrogen (secondary N) is 2. The van der Waals surface area contributed by atoms with E-state index in [2.05, 4.69) is 10.6 Å². The molecule has 0 bridgehead atoms. The fourth-order valence-electron chi connectivity index (χ4n) is 1.45. The molecule has 2 amide bonds. The average molecular weight is 249 g/mol. The molecule has 0 heterocycles. The summed E-state index contributed by atoms with van der Waals surface area (Å²) in [6.45, 7) is 5.17. The first-order chi connectivity index (χ1) is 8.43. The van der Waals surface area contributed by atoms with Gasteiger partial charge in [-0.2, -0.15) is 0 Å². The number of amides is 2. The van der Waals surface area contributed by atoms with E-state index < -0.39 is 6.04 Å². The molecular weight excluding hydrogens is 230 g/mol. The Morgan fingerprint density at radius 1 is 1.33 bits per heavy atom. The van der Waals surface area contributed by atoms with Crippen LogP contribution in [0.2, 0.25) is 0 Å². The monoisotopic (exact) mass is 249 g/mol. The molecule has 4 N–H and O–H groups in total. The van der Waals surface area contributed by atoms with Crippen LogP contribution < -0.4 is 16.4 Å². The fraction of sp³-hybridized carbons (Fsp3) is 0.385. The van der Waals surface area contributed by atoms with E-state index in [9.17, 15) is 9.59 Å². The van der Waals surface area contributed by atoms with Crippen molar-refractivity contribution < 1.29 is 9.59 Å². The fourth-order valence-corrected chi connectivity index (χ4v) is 1.45. The Kier molecular flexibility index (Phi) is 4.85. The Hall–Kier alpha value is -1.88. The summed E-state index contributed by atoms with van der Waals surface area (Å²) in [7, 11) is 0. The molecule has 18 heavy (non-hydrogen) atoms. The van der Waals surface area contributed by atoms with Gasteiger partial charge in [0, 0.05) is 18.3 Å². The normalized spacial score (nSPS) is 11.8. The molecule has 0 aliphatic heterocycles. The van der Waals surface area contributed by atoms with E-state index >= 15 is 0 Å². The second-order valence-electron chi connectivity index (χ2n) is 4.21. The number of nitrogens with two attached hydrogens (primary N) is 1. The van der Waals surface area contributed by atoms with Gasteiger partial charge in [-0.25, -0.2) is 0 Å². The molecule has 1 atom stereocenters. The van der Waals surface area contributed by atoms with Crippen LogP contribution in [0.3, 0.4) is 0 Å². The Labute approximate surface area is 107 Å². The summed E-state index contributed by atoms with van der Waals surface area (Å²) in [5.74, 6) is -0.373. The van der Waals surface area contributed by atoms with Crippen LogP contribution in [0.15, 0.2) is 18.2 Å². The standard InChI is InChI=1S/C13H19N3O2/c1-4-11(14)13(18)16-12-7-10(15-9(3)17)6-5-8(12)2/h5-7,11H,4,14H2,1-3H3,(H,15,17)(H,16,18). The Bertz CT molecular complexity index is 458. The maximum Gasteiger partial charge on any atom is 0.241 e. The molecule has 5 nitrogen and oxygen atoms in total. The van der Waals surface area contributed by atoms with Crippen LogP contribution >= 0.6 is 0 Å². The highest BCUT2D eigenvalue weighted by molar-refractivity contribution is 5.96. The largest absolute Gasteiger partial charge is 0.326 e. The third kappa shape index (κ3) is 3.85. The third-order valence-electron chi connectivity index (χ3n) is 2.59. The minimum absolute atomic E-state index is 0.151. The van der Waals surface area contributed by atoms with Crippen molar-refractivity contribution in [2.75, 3.05) is 10.6 Å². The first kappa shape index (κ1) is 14.2. The summed E-state index contributed by atoms with van der Waals surface area (Å²) in [6.07, 6.45) is 0.580. The van der Waals surface area contributed by atoms with Gasteiger partial charge in [0.25, 0.3) is 0 Å². The van der Waals surface area contributed by atoms with Crippen molar-refractivity contribution in [2.24, 2.45) is 5.73 Å². The van der Waals surface area contributed by atoms with Gasteiger partial charge in [0.1, 0.15) is 0 Å². The number of benzene rings is 1. The van der Waals surface area contributed by atoms with Crippen LogP contribution in [0.25, 0.3) is 0 Å². The van der Waals surface area contributed by atoms with Gasteiger partial charge in [-0.1, -0.05) is 13.0 Å². The highest BCUT2D eigenvalue weighted by atomic mass is 16.2. The lowest BCUT2D eigenvalue weighted by molar-refractivity contribution is -0.117. The molecule has 0 radical (unpaired) electrons. The van der Waals surface area contributed by atoms with Gasteiger partial charge >= 0.3 is 0 Å². The Morgan fingerprint density at radius 3 is 2.56 bits per heavy atom. The molecule has 1 aromatic rings. The topological polar surface area (TPSA) is 84.2 Å². The molecule has 1 rings (SSSR count). The van der Waals surface area contributed by atoms with Gasteiger partial charge in [-0.15, -0.1) is 0 Å². The second-order valence-corrected chi connectivity index (χ2v) is 4.21. The number of hydrogen-bond acceptors (Lipinski definition) is 3. The highest BCUT2D eigenvalue weighted by Gasteiger charge is 2.12. The van der Waals surface area contributed by atoms with Crippen molar-refractivity contribution in [1.29, 1.82) is 0 Å². The molecular formula is C13H19N3O2. The predicted molar refractivity (Wildman–Crippen MR) is 72.4 cm³/mol. The van der Waals surface area contributed by atoms with Crippen LogP contribution in [0.4, 0.5) is 11.4 Å². The first-order valence-electron chi connectivity index (χ1n) is 5.88. The van der Waals surface area contributed by atoms with Crippen LogP contribution in [-0.4, -0.2) is 17.9 Å². The lowest BCUT2D eigenvalue weighted by Crippen LogP contribution is -2.35. The van der Waals surface area contributed by atoms with E-state index in [1.807, 2.05) is 19.9 Å². The van der Waals surface area contributed by atoms with Crippen molar-refractivity contribution in [2.45, 2.75) is 33.2 Å². The van der Waals surface area contributed by atoms with Gasteiger partial charge in [-0.3, -0.25) is 9.59 Å². The van der Waals surface area contributed by atoms with Crippen molar-refractivity contribution >= 4 is 23.2 Å². The number of carbonyl (C=O) groups is 2. The Balaban J connectivity index is 2.87. The maximum absolute atomic E-state index is 11.7. The minimum Gasteiger partial charge on any atom is -0.326 e. The molecule has 5 heteroatoms. The molecule has 0 aliphatic rings. The van der Waals surface area contributed by atoms with E-state index in [4.69, 9.17) is 5.73 Å². The second kappa shape index (κ2) is 6.16. The quantitative estimate of drug-likeness (QED) is 0.758. The smallest absolute Gasteiger partial charge is 0.241 e. The van der Waals surface area contributed by atoms with Crippen molar-refractivity contribution in [3.8, 4) is 0 Å². The molecule has 0 fully saturated rings. The summed E-state index contributed by atoms with van der Waals surface area (Å²) in [5.41, 5.74) is 7.88. The van der Waals surface area contributed by atoms with Crippen molar-refractivity contribution in [3.63, 3.8) is 0 Å². The molecule has 98 valence electrons. The molecule has 0 aromatic heterocycles. The van der Waals surface area contributed by atoms with Gasteiger partial charge in [0.2, 0.25) is 11.8 Å². The van der Waals surface area contributed by atoms with Crippen LogP contribution in [0.5, 0.6) is 0 Å². The summed E-state index contributed by atoms with van der Waals surface area (Å²) in [5, 5.41) is 5.43. The third-order valence-corrected chi connectivity index (χ3v) is 2.59. The van der Waals surface area contributed by atoms with Crippen LogP contribution in [0, 0.1) is 6.92 Å². The number of anilines is 2. The molecule has 0 spiro atoms. The van der Waals surface area contributed by atoms with Crippen LogP contribution in [0.1, 0.15) is 25.8 Å². The van der Waals surface area contributed by atoms with Gasteiger partial charge in [0.05, 0.1) is 6.04 Å². The van der Waals surface area contributed by atoms with Crippen LogP contribution in [-0.2, 0) is 9.59 Å². The highest BCUT2D eigenvalue weighted by Crippen LogP contribution is 2.20. The number of hydrogen-bond donors (Lipinski definition) is 3. The lowest BCUT2D eigenvalue weighted by atomic mass is 10.1. The summed E-state index contributed by atoms with van der Waals surface area (Å²) < 4.78 is 0. The summed E-state index contributed by atoms with van der Waals surface area (Å²) in [6, 6.07) is 4.82. The SMILES string of the molecule is CCC(N)C(=O)Nc1cc(NC(C)=O)ccc1C. The molecule has 0 saturated heterocycles. The van der Waals surface area contributed by atoms with E-state index in [0.717, 1.165) is 5.56 Å². The van der Waals surface area contributed by atoms with E-state index in [1.54, 1.807) is 12.1 Å². The summed E-state index contributed by atoms with van der Waals surface area (Å²) >= 11 is 0. The van der Waals surface area contributed by atoms with Gasteiger partial charge in [0.15, 0.2) is 0 Å². The first-order valence-corrected chi connectivity index (χ1v) is 5.88. The van der Waals surface area contributed by atoms with Gasteiger partial charge in [-0.05, 0) is 31.0 Å². The van der Waals surface area contributed by atoms with E-state index in [-0.39, 0.29) is 11.8 Å². The average Bonchev–Trinajstić information content (AvgIpc) is 2.31. The molecule has 1 unspecified atom stereocenters. The zero-order valence-electron chi connectivity index (χ0n) is 10.9. The number of rotatable bonds is 4. The van der Waals surface area contributed by atoms with E-state index in [0.29, 0.717) is 17.8 Å². The molecule has 1 aromatic carbocycles. The zero-order valence-corrected chi connectivity index (χ0v) is 10.9. The maximum atomic E-state index is 11.7. The van der Waals surface area contributed by atoms with E-state index in [1.165, 1.54) is 6.92 Å². The Morgan fingerprint density at radius 2 is 2.00 bits per heavy atom. The predicted octanol–water partition coefficient (Wildman–Crippen LogP) is 1.63. The van der Waals surface area contributed by atoms with Crippen molar-refractivity contribution in [3.05, 3.63) is 23.8 Å².